The van der Waals surface area contributed by atoms with Gasteiger partial charge in [-0.3, -0.25) is 19.6 Å². The van der Waals surface area contributed by atoms with Crippen LogP contribution in [0.15, 0.2) is 36.4 Å². The lowest BCUT2D eigenvalue weighted by Gasteiger charge is -2.42. The van der Waals surface area contributed by atoms with Crippen molar-refractivity contribution in [3.8, 4) is 11.3 Å². The molecule has 0 aliphatic heterocycles. The SMILES string of the molecule is CCN(CC(=O)O)C1CC(NC(=O)c2cc(-c3ccccc3)n[nH]2)C1. The molecule has 0 bridgehead atoms. The maximum absolute atomic E-state index is 12.3. The van der Waals surface area contributed by atoms with Gasteiger partial charge in [0.25, 0.3) is 5.91 Å². The van der Waals surface area contributed by atoms with Crippen LogP contribution in [0.4, 0.5) is 0 Å². The largest absolute Gasteiger partial charge is 0.480 e. The van der Waals surface area contributed by atoms with E-state index in [-0.39, 0.29) is 24.5 Å². The zero-order valence-electron chi connectivity index (χ0n) is 14.1. The number of likely N-dealkylation sites (N-methyl/N-ethyl adjacent to an activating group) is 1. The Morgan fingerprint density at radius 1 is 1.32 bits per heavy atom. The molecule has 3 rings (SSSR count). The second-order valence-electron chi connectivity index (χ2n) is 6.29. The number of aliphatic carboxylic acids is 1. The summed E-state index contributed by atoms with van der Waals surface area (Å²) in [7, 11) is 0. The number of nitrogens with zero attached hydrogens (tertiary/aromatic N) is 2. The highest BCUT2D eigenvalue weighted by Crippen LogP contribution is 2.26. The molecule has 3 N–H and O–H groups in total. The lowest BCUT2D eigenvalue weighted by atomic mass is 9.85. The van der Waals surface area contributed by atoms with Crippen LogP contribution in [0.5, 0.6) is 0 Å². The lowest BCUT2D eigenvalue weighted by Crippen LogP contribution is -2.54. The van der Waals surface area contributed by atoms with Crippen molar-refractivity contribution < 1.29 is 14.7 Å². The number of nitrogens with one attached hydrogen (secondary N) is 2. The summed E-state index contributed by atoms with van der Waals surface area (Å²) in [6.45, 7) is 2.69. The van der Waals surface area contributed by atoms with Gasteiger partial charge in [-0.15, -0.1) is 0 Å². The number of carboxylic acids is 1. The van der Waals surface area contributed by atoms with E-state index < -0.39 is 5.97 Å². The van der Waals surface area contributed by atoms with Crippen molar-refractivity contribution >= 4 is 11.9 Å². The van der Waals surface area contributed by atoms with E-state index in [1.54, 1.807) is 6.07 Å². The summed E-state index contributed by atoms with van der Waals surface area (Å²) in [4.78, 5) is 25.1. The zero-order valence-corrected chi connectivity index (χ0v) is 14.1. The number of carboxylic acid groups (broad SMARTS) is 1. The Bertz CT molecular complexity index is 738. The van der Waals surface area contributed by atoms with Gasteiger partial charge in [0, 0.05) is 17.6 Å². The third-order valence-electron chi connectivity index (χ3n) is 4.60. The number of benzene rings is 1. The number of hydrogen-bond donors (Lipinski definition) is 3. The number of amides is 1. The van der Waals surface area contributed by atoms with E-state index in [0.717, 1.165) is 24.1 Å². The first-order valence-corrected chi connectivity index (χ1v) is 8.44. The number of aromatic amines is 1. The van der Waals surface area contributed by atoms with Crippen molar-refractivity contribution in [2.75, 3.05) is 13.1 Å². The van der Waals surface area contributed by atoms with Gasteiger partial charge in [0.1, 0.15) is 5.69 Å². The number of carbonyl (C=O) groups is 2. The van der Waals surface area contributed by atoms with Crippen molar-refractivity contribution in [3.05, 3.63) is 42.1 Å². The average molecular weight is 342 g/mol. The Kier molecular flexibility index (Phi) is 5.14. The highest BCUT2D eigenvalue weighted by Gasteiger charge is 2.34. The molecular weight excluding hydrogens is 320 g/mol. The van der Waals surface area contributed by atoms with Gasteiger partial charge in [0.15, 0.2) is 0 Å². The monoisotopic (exact) mass is 342 g/mol. The van der Waals surface area contributed by atoms with Crippen molar-refractivity contribution in [2.45, 2.75) is 31.8 Å². The predicted octanol–water partition coefficient (Wildman–Crippen LogP) is 1.74. The van der Waals surface area contributed by atoms with Crippen LogP contribution in [0, 0.1) is 0 Å². The van der Waals surface area contributed by atoms with Gasteiger partial charge in [0.05, 0.1) is 12.2 Å². The molecule has 0 saturated heterocycles. The topological polar surface area (TPSA) is 98.3 Å². The van der Waals surface area contributed by atoms with E-state index >= 15 is 0 Å². The minimum Gasteiger partial charge on any atom is -0.480 e. The van der Waals surface area contributed by atoms with Crippen LogP contribution in [0.2, 0.25) is 0 Å². The molecule has 132 valence electrons. The van der Waals surface area contributed by atoms with Crippen LogP contribution < -0.4 is 5.32 Å². The Balaban J connectivity index is 1.53. The molecule has 1 aromatic carbocycles. The highest BCUT2D eigenvalue weighted by molar-refractivity contribution is 5.93. The number of hydrogen-bond acceptors (Lipinski definition) is 4. The fourth-order valence-electron chi connectivity index (χ4n) is 3.13. The molecular formula is C18H22N4O3. The molecule has 0 radical (unpaired) electrons. The predicted molar refractivity (Wildman–Crippen MR) is 93.2 cm³/mol. The third-order valence-corrected chi connectivity index (χ3v) is 4.60. The number of rotatable bonds is 7. The molecule has 0 unspecified atom stereocenters. The summed E-state index contributed by atoms with van der Waals surface area (Å²) >= 11 is 0. The van der Waals surface area contributed by atoms with Crippen LogP contribution in [-0.2, 0) is 4.79 Å². The number of carbonyl (C=O) groups excluding carboxylic acids is 1. The fraction of sp³-hybridized carbons (Fsp3) is 0.389. The van der Waals surface area contributed by atoms with E-state index in [9.17, 15) is 9.59 Å². The lowest BCUT2D eigenvalue weighted by molar-refractivity contribution is -0.139. The molecule has 0 spiro atoms. The average Bonchev–Trinajstić information content (AvgIpc) is 3.06. The summed E-state index contributed by atoms with van der Waals surface area (Å²) in [6, 6.07) is 11.7. The maximum atomic E-state index is 12.3. The minimum atomic E-state index is -0.819. The van der Waals surface area contributed by atoms with Gasteiger partial charge in [-0.05, 0) is 25.5 Å². The summed E-state index contributed by atoms with van der Waals surface area (Å²) < 4.78 is 0. The van der Waals surface area contributed by atoms with Gasteiger partial charge < -0.3 is 10.4 Å². The van der Waals surface area contributed by atoms with Crippen LogP contribution in [0.25, 0.3) is 11.3 Å². The van der Waals surface area contributed by atoms with E-state index in [4.69, 9.17) is 5.11 Å². The first kappa shape index (κ1) is 17.2. The third kappa shape index (κ3) is 4.06. The van der Waals surface area contributed by atoms with E-state index in [1.165, 1.54) is 0 Å². The van der Waals surface area contributed by atoms with Crippen molar-refractivity contribution in [3.63, 3.8) is 0 Å². The highest BCUT2D eigenvalue weighted by atomic mass is 16.4. The Morgan fingerprint density at radius 2 is 2.04 bits per heavy atom. The van der Waals surface area contributed by atoms with Crippen LogP contribution in [0.1, 0.15) is 30.3 Å². The second kappa shape index (κ2) is 7.48. The molecule has 1 fully saturated rings. The standard InChI is InChI=1S/C18H22N4O3/c1-2-22(11-17(23)24)14-8-13(9-14)19-18(25)16-10-15(20-21-16)12-6-4-3-5-7-12/h3-7,10,13-14H,2,8-9,11H2,1H3,(H,19,25)(H,20,21)(H,23,24). The van der Waals surface area contributed by atoms with Crippen LogP contribution in [0.3, 0.4) is 0 Å². The molecule has 1 aromatic heterocycles. The van der Waals surface area contributed by atoms with Gasteiger partial charge in [0.2, 0.25) is 0 Å². The van der Waals surface area contributed by atoms with Crippen LogP contribution >= 0.6 is 0 Å². The van der Waals surface area contributed by atoms with Gasteiger partial charge >= 0.3 is 5.97 Å². The van der Waals surface area contributed by atoms with Gasteiger partial charge in [-0.25, -0.2) is 0 Å². The zero-order chi connectivity index (χ0) is 17.8. The summed E-state index contributed by atoms with van der Waals surface area (Å²) in [5, 5.41) is 18.9. The molecule has 1 aliphatic carbocycles. The molecule has 1 aliphatic rings. The molecule has 7 heteroatoms. The van der Waals surface area contributed by atoms with Crippen molar-refractivity contribution in [1.29, 1.82) is 0 Å². The Hall–Kier alpha value is -2.67. The minimum absolute atomic E-state index is 0.0445. The first-order chi connectivity index (χ1) is 12.1. The fourth-order valence-corrected chi connectivity index (χ4v) is 3.13. The van der Waals surface area contributed by atoms with Gasteiger partial charge in [-0.1, -0.05) is 37.3 Å². The molecule has 1 amide bonds. The van der Waals surface area contributed by atoms with E-state index in [1.807, 2.05) is 42.2 Å². The molecule has 0 atom stereocenters. The second-order valence-corrected chi connectivity index (χ2v) is 6.29. The van der Waals surface area contributed by atoms with E-state index in [2.05, 4.69) is 15.5 Å². The Labute approximate surface area is 146 Å². The summed E-state index contributed by atoms with van der Waals surface area (Å²) in [5.74, 6) is -1.00. The van der Waals surface area contributed by atoms with Crippen LogP contribution in [-0.4, -0.2) is 57.3 Å². The number of aromatic nitrogens is 2. The first-order valence-electron chi connectivity index (χ1n) is 8.44. The summed E-state index contributed by atoms with van der Waals surface area (Å²) in [6.07, 6.45) is 1.54. The molecule has 1 heterocycles. The Morgan fingerprint density at radius 3 is 2.68 bits per heavy atom. The van der Waals surface area contributed by atoms with Crippen molar-refractivity contribution in [1.82, 2.24) is 20.4 Å². The van der Waals surface area contributed by atoms with E-state index in [0.29, 0.717) is 12.2 Å². The number of H-pyrrole nitrogens is 1. The smallest absolute Gasteiger partial charge is 0.317 e. The molecule has 2 aromatic rings. The summed E-state index contributed by atoms with van der Waals surface area (Å²) in [5.41, 5.74) is 2.12. The van der Waals surface area contributed by atoms with Gasteiger partial charge in [-0.2, -0.15) is 5.10 Å². The molecule has 1 saturated carbocycles. The molecule has 25 heavy (non-hydrogen) atoms. The maximum Gasteiger partial charge on any atom is 0.317 e. The normalized spacial score (nSPS) is 19.4. The quantitative estimate of drug-likeness (QED) is 0.712. The molecule has 7 nitrogen and oxygen atoms in total. The van der Waals surface area contributed by atoms with Crippen molar-refractivity contribution in [2.24, 2.45) is 0 Å².